The quantitative estimate of drug-likeness (QED) is 0.548. The molecule has 1 aromatic heterocycles. The zero-order valence-electron chi connectivity index (χ0n) is 17.5. The lowest BCUT2D eigenvalue weighted by Gasteiger charge is -2.14. The summed E-state index contributed by atoms with van der Waals surface area (Å²) in [6.45, 7) is 5.26. The SMILES string of the molecule is CCCn1c(=NC(=O)c2cccc(N3C(=O)CCC3=O)c2)sc2cccc(OCC)c21. The van der Waals surface area contributed by atoms with Crippen molar-refractivity contribution in [2.45, 2.75) is 39.7 Å². The maximum Gasteiger partial charge on any atom is 0.279 e. The monoisotopic (exact) mass is 437 g/mol. The molecule has 2 heterocycles. The van der Waals surface area contributed by atoms with Crippen LogP contribution in [-0.4, -0.2) is 28.9 Å². The van der Waals surface area contributed by atoms with Gasteiger partial charge >= 0.3 is 0 Å². The standard InChI is InChI=1S/C23H23N3O4S/c1-3-13-25-21-17(30-4-2)9-6-10-18(21)31-23(25)24-22(29)15-7-5-8-16(14-15)26-19(27)11-12-20(26)28/h5-10,14H,3-4,11-13H2,1-2H3. The zero-order valence-corrected chi connectivity index (χ0v) is 18.3. The highest BCUT2D eigenvalue weighted by Gasteiger charge is 2.30. The van der Waals surface area contributed by atoms with Crippen LogP contribution in [0.3, 0.4) is 0 Å². The summed E-state index contributed by atoms with van der Waals surface area (Å²) in [5.74, 6) is -0.150. The van der Waals surface area contributed by atoms with Crippen molar-refractivity contribution in [1.29, 1.82) is 0 Å². The number of benzene rings is 2. The zero-order chi connectivity index (χ0) is 22.0. The normalized spacial score (nSPS) is 14.6. The number of carbonyl (C=O) groups excluding carboxylic acids is 3. The highest BCUT2D eigenvalue weighted by atomic mass is 32.1. The highest BCUT2D eigenvalue weighted by molar-refractivity contribution is 7.16. The molecule has 0 atom stereocenters. The minimum atomic E-state index is -0.421. The second kappa shape index (κ2) is 8.85. The summed E-state index contributed by atoms with van der Waals surface area (Å²) in [4.78, 5) is 43.2. The number of nitrogens with zero attached hydrogens (tertiary/aromatic N) is 3. The van der Waals surface area contributed by atoms with E-state index in [1.807, 2.05) is 29.7 Å². The van der Waals surface area contributed by atoms with E-state index in [2.05, 4.69) is 11.9 Å². The molecular formula is C23H23N3O4S. The van der Waals surface area contributed by atoms with Gasteiger partial charge in [0.05, 0.1) is 17.0 Å². The number of hydrogen-bond donors (Lipinski definition) is 0. The first-order chi connectivity index (χ1) is 15.0. The molecule has 0 aliphatic carbocycles. The number of thiazole rings is 1. The largest absolute Gasteiger partial charge is 0.492 e. The van der Waals surface area contributed by atoms with Crippen molar-refractivity contribution < 1.29 is 19.1 Å². The minimum absolute atomic E-state index is 0.197. The Balaban J connectivity index is 1.77. The van der Waals surface area contributed by atoms with E-state index in [4.69, 9.17) is 4.74 Å². The number of fused-ring (bicyclic) bond motifs is 1. The summed E-state index contributed by atoms with van der Waals surface area (Å²) in [6, 6.07) is 12.4. The summed E-state index contributed by atoms with van der Waals surface area (Å²) >= 11 is 1.43. The molecule has 1 aliphatic rings. The van der Waals surface area contributed by atoms with Crippen molar-refractivity contribution in [1.82, 2.24) is 4.57 Å². The van der Waals surface area contributed by atoms with Gasteiger partial charge in [-0.05, 0) is 43.7 Å². The number of aryl methyl sites for hydroxylation is 1. The van der Waals surface area contributed by atoms with Gasteiger partial charge in [0.25, 0.3) is 5.91 Å². The Bertz CT molecular complexity index is 1230. The molecule has 1 saturated heterocycles. The number of imide groups is 1. The van der Waals surface area contributed by atoms with E-state index in [1.54, 1.807) is 24.3 Å². The van der Waals surface area contributed by atoms with Crippen LogP contribution in [0.4, 0.5) is 5.69 Å². The van der Waals surface area contributed by atoms with Gasteiger partial charge in [0.2, 0.25) is 11.8 Å². The summed E-state index contributed by atoms with van der Waals surface area (Å²) in [6.07, 6.45) is 1.27. The molecule has 7 nitrogen and oxygen atoms in total. The molecule has 0 unspecified atom stereocenters. The molecule has 31 heavy (non-hydrogen) atoms. The first-order valence-electron chi connectivity index (χ1n) is 10.3. The Morgan fingerprint density at radius 3 is 2.55 bits per heavy atom. The van der Waals surface area contributed by atoms with Gasteiger partial charge in [-0.2, -0.15) is 4.99 Å². The first kappa shape index (κ1) is 21.0. The Kier molecular flexibility index (Phi) is 5.99. The number of para-hydroxylation sites is 1. The number of rotatable bonds is 6. The Hall–Kier alpha value is -3.26. The fraction of sp³-hybridized carbons (Fsp3) is 0.304. The Morgan fingerprint density at radius 2 is 1.84 bits per heavy atom. The third-order valence-electron chi connectivity index (χ3n) is 5.01. The number of amides is 3. The average Bonchev–Trinajstić information content (AvgIpc) is 3.28. The molecule has 160 valence electrons. The van der Waals surface area contributed by atoms with Gasteiger partial charge in [-0.15, -0.1) is 0 Å². The molecule has 0 saturated carbocycles. The lowest BCUT2D eigenvalue weighted by Crippen LogP contribution is -2.28. The molecule has 2 aromatic carbocycles. The van der Waals surface area contributed by atoms with E-state index in [1.165, 1.54) is 11.3 Å². The third kappa shape index (κ3) is 4.03. The van der Waals surface area contributed by atoms with Gasteiger partial charge in [-0.3, -0.25) is 19.3 Å². The minimum Gasteiger partial charge on any atom is -0.492 e. The smallest absolute Gasteiger partial charge is 0.279 e. The molecule has 0 spiro atoms. The summed E-state index contributed by atoms with van der Waals surface area (Å²) in [5.41, 5.74) is 1.67. The second-order valence-electron chi connectivity index (χ2n) is 7.16. The van der Waals surface area contributed by atoms with Crippen molar-refractivity contribution in [3.63, 3.8) is 0 Å². The number of carbonyl (C=O) groups is 3. The highest BCUT2D eigenvalue weighted by Crippen LogP contribution is 2.28. The van der Waals surface area contributed by atoms with Crippen molar-refractivity contribution in [3.8, 4) is 5.75 Å². The van der Waals surface area contributed by atoms with Gasteiger partial charge in [0.15, 0.2) is 4.80 Å². The Morgan fingerprint density at radius 1 is 1.10 bits per heavy atom. The van der Waals surface area contributed by atoms with Crippen molar-refractivity contribution in [2.24, 2.45) is 4.99 Å². The van der Waals surface area contributed by atoms with E-state index in [0.717, 1.165) is 27.3 Å². The lowest BCUT2D eigenvalue weighted by atomic mass is 10.2. The molecule has 0 bridgehead atoms. The maximum absolute atomic E-state index is 13.0. The fourth-order valence-corrected chi connectivity index (χ4v) is 4.75. The molecule has 0 radical (unpaired) electrons. The molecular weight excluding hydrogens is 414 g/mol. The topological polar surface area (TPSA) is 81.0 Å². The van der Waals surface area contributed by atoms with Crippen LogP contribution in [0.25, 0.3) is 10.2 Å². The summed E-state index contributed by atoms with van der Waals surface area (Å²) < 4.78 is 8.80. The van der Waals surface area contributed by atoms with Crippen LogP contribution in [0.2, 0.25) is 0 Å². The molecule has 1 aliphatic heterocycles. The van der Waals surface area contributed by atoms with Gasteiger partial charge in [0, 0.05) is 24.9 Å². The van der Waals surface area contributed by atoms with Crippen LogP contribution in [0.15, 0.2) is 47.5 Å². The van der Waals surface area contributed by atoms with E-state index < -0.39 is 5.91 Å². The number of hydrogen-bond acceptors (Lipinski definition) is 5. The van der Waals surface area contributed by atoms with Crippen LogP contribution >= 0.6 is 11.3 Å². The summed E-state index contributed by atoms with van der Waals surface area (Å²) in [5, 5.41) is 0. The van der Waals surface area contributed by atoms with Crippen LogP contribution in [0.5, 0.6) is 5.75 Å². The third-order valence-corrected chi connectivity index (χ3v) is 6.05. The van der Waals surface area contributed by atoms with Crippen molar-refractivity contribution in [3.05, 3.63) is 52.8 Å². The van der Waals surface area contributed by atoms with E-state index >= 15 is 0 Å². The van der Waals surface area contributed by atoms with E-state index in [9.17, 15) is 14.4 Å². The molecule has 1 fully saturated rings. The van der Waals surface area contributed by atoms with Crippen LogP contribution in [0, 0.1) is 0 Å². The fourth-order valence-electron chi connectivity index (χ4n) is 3.68. The predicted molar refractivity (Wildman–Crippen MR) is 119 cm³/mol. The van der Waals surface area contributed by atoms with Crippen LogP contribution in [-0.2, 0) is 16.1 Å². The van der Waals surface area contributed by atoms with E-state index in [-0.39, 0.29) is 24.7 Å². The average molecular weight is 438 g/mol. The van der Waals surface area contributed by atoms with E-state index in [0.29, 0.717) is 29.2 Å². The number of ether oxygens (including phenoxy) is 1. The number of anilines is 1. The molecule has 4 rings (SSSR count). The van der Waals surface area contributed by atoms with Gasteiger partial charge in [-0.25, -0.2) is 0 Å². The van der Waals surface area contributed by atoms with Crippen LogP contribution in [0.1, 0.15) is 43.5 Å². The molecule has 8 heteroatoms. The Labute approximate surface area is 183 Å². The molecule has 3 aromatic rings. The second-order valence-corrected chi connectivity index (χ2v) is 8.17. The van der Waals surface area contributed by atoms with Crippen LogP contribution < -0.4 is 14.4 Å². The van der Waals surface area contributed by atoms with Gasteiger partial charge in [-0.1, -0.05) is 30.4 Å². The first-order valence-corrected chi connectivity index (χ1v) is 11.1. The number of aromatic nitrogens is 1. The molecule has 3 amide bonds. The summed E-state index contributed by atoms with van der Waals surface area (Å²) in [7, 11) is 0. The van der Waals surface area contributed by atoms with Gasteiger partial charge in [0.1, 0.15) is 11.3 Å². The van der Waals surface area contributed by atoms with Gasteiger partial charge < -0.3 is 9.30 Å². The molecule has 0 N–H and O–H groups in total. The maximum atomic E-state index is 13.0. The van der Waals surface area contributed by atoms with Crippen molar-refractivity contribution in [2.75, 3.05) is 11.5 Å². The predicted octanol–water partition coefficient (Wildman–Crippen LogP) is 3.91. The lowest BCUT2D eigenvalue weighted by molar-refractivity contribution is -0.121. The van der Waals surface area contributed by atoms with Crippen molar-refractivity contribution >= 4 is 45.0 Å².